The van der Waals surface area contributed by atoms with Gasteiger partial charge in [-0.2, -0.15) is 0 Å². The molecular weight excluding hydrogens is 1250 g/mol. The van der Waals surface area contributed by atoms with Gasteiger partial charge in [0.15, 0.2) is 0 Å². The van der Waals surface area contributed by atoms with Crippen molar-refractivity contribution in [1.82, 2.24) is 0 Å². The molecule has 11 aromatic carbocycles. The van der Waals surface area contributed by atoms with E-state index in [-0.39, 0.29) is 107 Å². The predicted octanol–water partition coefficient (Wildman–Crippen LogP) is 13.7. The normalized spacial score (nSPS) is 16.3. The number of benzene rings is 11. The van der Waals surface area contributed by atoms with Gasteiger partial charge in [-0.05, 0) is 208 Å². The molecule has 0 radical (unpaired) electrons. The highest BCUT2D eigenvalue weighted by molar-refractivity contribution is 7.92. The van der Waals surface area contributed by atoms with Gasteiger partial charge in [0.25, 0.3) is 0 Å². The van der Waals surface area contributed by atoms with Crippen LogP contribution >= 0.6 is 0 Å². The summed E-state index contributed by atoms with van der Waals surface area (Å²) in [5.74, 6) is -1.96. The first-order valence-corrected chi connectivity index (χ1v) is 34.6. The first-order valence-electron chi connectivity index (χ1n) is 28.7. The van der Waals surface area contributed by atoms with E-state index in [2.05, 4.69) is 0 Å². The Kier molecular flexibility index (Phi) is 16.3. The zero-order valence-corrected chi connectivity index (χ0v) is 51.8. The third-order valence-electron chi connectivity index (χ3n) is 15.6. The molecule has 92 heavy (non-hydrogen) atoms. The number of hydrogen-bond acceptors (Lipinski definition) is 16. The average Bonchev–Trinajstić information content (AvgIpc) is 0.936. The van der Waals surface area contributed by atoms with Gasteiger partial charge in [0, 0.05) is 0 Å². The van der Waals surface area contributed by atoms with Crippen molar-refractivity contribution in [2.75, 3.05) is 0 Å². The molecule has 1 atom stereocenters. The van der Waals surface area contributed by atoms with Crippen molar-refractivity contribution in [1.29, 1.82) is 0 Å². The molecule has 0 saturated carbocycles. The summed E-state index contributed by atoms with van der Waals surface area (Å²) in [5.41, 5.74) is 6.42. The summed E-state index contributed by atoms with van der Waals surface area (Å²) >= 11 is 0. The Morgan fingerprint density at radius 2 is 0.652 bits per heavy atom. The van der Waals surface area contributed by atoms with Crippen LogP contribution in [0.3, 0.4) is 0 Å². The standard InChI is InChI=1S/C72H54O16S4/c73-58-19-31-64(32-20-58)89(75,76)62-27-11-53(12-28-62)55-15-39-70-68(41-55)84-45-50-3-1-48(2-4-50)43-83-44-49-9-17-57(18-10-49)72(87-60-23-35-66(36-24-60)91(70,79)80)86-47-52-7-5-51(6-8-52)46-85-69-42-56(16-40-71(69)92(81,82)67-37-25-61(88-72)26-38-67)54-13-29-63(30-14-54)90(77,78)65-33-21-59(74)22-34-65/h1-42,73-74H,43-47H2. The number of ether oxygens (including phenoxy) is 6. The molecular formula is C72H54O16S4. The zero-order valence-electron chi connectivity index (χ0n) is 48.5. The fourth-order valence-electron chi connectivity index (χ4n) is 10.5. The van der Waals surface area contributed by atoms with Crippen molar-refractivity contribution in [3.63, 3.8) is 0 Å². The van der Waals surface area contributed by atoms with E-state index in [1.165, 1.54) is 133 Å². The van der Waals surface area contributed by atoms with Crippen LogP contribution < -0.4 is 18.9 Å². The minimum atomic E-state index is -4.36. The molecule has 1 unspecified atom stereocenters. The molecule has 0 saturated heterocycles. The highest BCUT2D eigenvalue weighted by Gasteiger charge is 2.41. The van der Waals surface area contributed by atoms with Gasteiger partial charge < -0.3 is 33.9 Å². The monoisotopic (exact) mass is 1300 g/mol. The van der Waals surface area contributed by atoms with E-state index < -0.39 is 45.3 Å². The van der Waals surface area contributed by atoms with Crippen LogP contribution in [0.4, 0.5) is 0 Å². The van der Waals surface area contributed by atoms with Crippen LogP contribution in [-0.2, 0) is 87.8 Å². The second-order valence-corrected chi connectivity index (χ2v) is 29.5. The SMILES string of the molecule is O=S(=O)(c1ccc(O)cc1)c1ccc(-c2ccc3c(c2)OCc2ccc(cc2)COCc2ccc(cc2)C2(OCc4ccc(cc4)COc4cc(-c5ccc(S(=O)(=O)c6ccc(O)cc6)cc5)ccc4S(=O)(=O)c4ccc(cc4)O2)Oc2ccc(cc2)S3(=O)=O)cc1. The molecule has 9 aliphatic rings. The van der Waals surface area contributed by atoms with Crippen LogP contribution in [0, 0.1) is 0 Å². The van der Waals surface area contributed by atoms with Crippen LogP contribution in [0.2, 0.25) is 0 Å². The third kappa shape index (κ3) is 12.5. The van der Waals surface area contributed by atoms with Crippen LogP contribution in [0.15, 0.2) is 294 Å². The lowest BCUT2D eigenvalue weighted by atomic mass is 10.1. The molecule has 10 bridgehead atoms. The van der Waals surface area contributed by atoms with Crippen LogP contribution in [0.25, 0.3) is 22.3 Å². The number of aromatic hydroxyl groups is 2. The molecule has 0 aromatic heterocycles. The number of hydrogen-bond donors (Lipinski definition) is 2. The number of sulfone groups is 4. The van der Waals surface area contributed by atoms with E-state index in [9.17, 15) is 43.9 Å². The van der Waals surface area contributed by atoms with E-state index in [1.54, 1.807) is 60.7 Å². The minimum Gasteiger partial charge on any atom is -0.508 e. The van der Waals surface area contributed by atoms with Crippen LogP contribution in [0.5, 0.6) is 34.5 Å². The lowest BCUT2D eigenvalue weighted by Crippen LogP contribution is -2.42. The highest BCUT2D eigenvalue weighted by atomic mass is 32.2. The van der Waals surface area contributed by atoms with Gasteiger partial charge in [0.1, 0.15) is 57.5 Å². The quantitative estimate of drug-likeness (QED) is 0.158. The Balaban J connectivity index is 0.841. The van der Waals surface area contributed by atoms with Gasteiger partial charge in [-0.25, -0.2) is 33.7 Å². The minimum absolute atomic E-state index is 0.00504. The summed E-state index contributed by atoms with van der Waals surface area (Å²) in [5, 5.41) is 19.5. The average molecular weight is 1300 g/mol. The molecule has 0 aliphatic carbocycles. The lowest BCUT2D eigenvalue weighted by Gasteiger charge is -2.34. The molecule has 20 rings (SSSR count). The lowest BCUT2D eigenvalue weighted by molar-refractivity contribution is -0.319. The predicted molar refractivity (Wildman–Crippen MR) is 339 cm³/mol. The summed E-state index contributed by atoms with van der Waals surface area (Å²) in [6.45, 7) is 0.327. The van der Waals surface area contributed by atoms with Crippen molar-refractivity contribution in [3.8, 4) is 56.8 Å². The number of phenols is 2. The van der Waals surface area contributed by atoms with Crippen molar-refractivity contribution < 1.29 is 72.3 Å². The number of phenolic OH excluding ortho intramolecular Hbond substituents is 2. The van der Waals surface area contributed by atoms with Crippen molar-refractivity contribution >= 4 is 39.3 Å². The van der Waals surface area contributed by atoms with Gasteiger partial charge in [0.2, 0.25) is 39.3 Å². The van der Waals surface area contributed by atoms with Gasteiger partial charge in [-0.15, -0.1) is 0 Å². The van der Waals surface area contributed by atoms with E-state index in [0.717, 1.165) is 16.7 Å². The van der Waals surface area contributed by atoms with E-state index in [1.807, 2.05) is 60.7 Å². The summed E-state index contributed by atoms with van der Waals surface area (Å²) in [4.78, 5) is -0.437. The molecule has 0 amide bonds. The molecule has 11 aromatic rings. The second kappa shape index (κ2) is 24.6. The van der Waals surface area contributed by atoms with Crippen LogP contribution in [0.1, 0.15) is 33.4 Å². The van der Waals surface area contributed by atoms with Crippen molar-refractivity contribution in [3.05, 3.63) is 288 Å². The van der Waals surface area contributed by atoms with Gasteiger partial charge >= 0.3 is 5.97 Å². The second-order valence-electron chi connectivity index (χ2n) is 21.8. The Hall–Kier alpha value is -10.1. The topological polar surface area (TPSA) is 232 Å². The largest absolute Gasteiger partial charge is 0.508 e. The third-order valence-corrected chi connectivity index (χ3v) is 22.8. The number of rotatable bonds is 6. The Bertz CT molecular complexity index is 5010. The summed E-state index contributed by atoms with van der Waals surface area (Å²) in [6.07, 6.45) is 0. The molecule has 462 valence electrons. The first-order chi connectivity index (χ1) is 44.3. The molecule has 2 N–H and O–H groups in total. The van der Waals surface area contributed by atoms with Gasteiger partial charge in [-0.1, -0.05) is 97.1 Å². The van der Waals surface area contributed by atoms with Crippen molar-refractivity contribution in [2.24, 2.45) is 0 Å². The molecule has 1 spiro atoms. The Morgan fingerprint density at radius 1 is 0.337 bits per heavy atom. The molecule has 9 aliphatic heterocycles. The van der Waals surface area contributed by atoms with Crippen LogP contribution in [-0.4, -0.2) is 43.9 Å². The Labute approximate surface area is 531 Å². The molecule has 9 heterocycles. The smallest absolute Gasteiger partial charge is 0.401 e. The van der Waals surface area contributed by atoms with Gasteiger partial charge in [0.05, 0.1) is 54.8 Å². The van der Waals surface area contributed by atoms with E-state index >= 15 is 0 Å². The van der Waals surface area contributed by atoms with E-state index in [0.29, 0.717) is 38.9 Å². The zero-order chi connectivity index (χ0) is 63.8. The molecule has 16 nitrogen and oxygen atoms in total. The fraction of sp³-hybridized carbons (Fsp3) is 0.0833. The number of fused-ring (bicyclic) bond motifs is 1. The Morgan fingerprint density at radius 3 is 1.02 bits per heavy atom. The maximum absolute atomic E-state index is 14.9. The highest BCUT2D eigenvalue weighted by Crippen LogP contribution is 2.41. The molecule has 20 heteroatoms. The van der Waals surface area contributed by atoms with E-state index in [4.69, 9.17) is 28.4 Å². The fourth-order valence-corrected chi connectivity index (χ4v) is 15.8. The maximum atomic E-state index is 14.9. The maximum Gasteiger partial charge on any atom is 0.401 e. The van der Waals surface area contributed by atoms with Crippen molar-refractivity contribution in [2.45, 2.75) is 78.2 Å². The summed E-state index contributed by atoms with van der Waals surface area (Å²) < 4.78 is 153. The molecule has 0 fully saturated rings. The van der Waals surface area contributed by atoms with Gasteiger partial charge in [-0.3, -0.25) is 4.74 Å². The summed E-state index contributed by atoms with van der Waals surface area (Å²) in [7, 11) is -16.5. The summed E-state index contributed by atoms with van der Waals surface area (Å²) in [6, 6.07) is 65.5. The first kappa shape index (κ1) is 60.8.